The van der Waals surface area contributed by atoms with Crippen LogP contribution in [0.5, 0.6) is 0 Å². The van der Waals surface area contributed by atoms with Crippen molar-refractivity contribution < 1.29 is 18.6 Å². The van der Waals surface area contributed by atoms with Crippen LogP contribution in [-0.2, 0) is 20.4 Å². The molecule has 1 aromatic carbocycles. The van der Waals surface area contributed by atoms with Crippen molar-refractivity contribution in [2.24, 2.45) is 5.92 Å². The van der Waals surface area contributed by atoms with E-state index in [9.17, 15) is 9.36 Å². The first-order valence-electron chi connectivity index (χ1n) is 8.86. The van der Waals surface area contributed by atoms with Gasteiger partial charge in [-0.2, -0.15) is 0 Å². The van der Waals surface area contributed by atoms with Gasteiger partial charge in [-0.05, 0) is 25.3 Å². The maximum Gasteiger partial charge on any atom is 0.408 e. The molecule has 3 atom stereocenters. The highest BCUT2D eigenvalue weighted by Gasteiger charge is 2.66. The van der Waals surface area contributed by atoms with E-state index in [2.05, 4.69) is 11.9 Å². The van der Waals surface area contributed by atoms with Crippen molar-refractivity contribution in [3.63, 3.8) is 0 Å². The quantitative estimate of drug-likeness (QED) is 0.472. The Kier molecular flexibility index (Phi) is 6.86. The fourth-order valence-corrected chi connectivity index (χ4v) is 6.32. The average Bonchev–Trinajstić information content (AvgIpc) is 3.34. The molecule has 25 heavy (non-hydrogen) atoms. The zero-order valence-electron chi connectivity index (χ0n) is 15.1. The maximum absolute atomic E-state index is 13.5. The molecular weight excluding hydrogens is 337 g/mol. The summed E-state index contributed by atoms with van der Waals surface area (Å²) >= 11 is 0. The Labute approximate surface area is 150 Å². The zero-order chi connectivity index (χ0) is 18.3. The fraction of sp³-hybridized carbons (Fsp3) is 0.526. The largest absolute Gasteiger partial charge is 0.445 e. The minimum Gasteiger partial charge on any atom is -0.445 e. The van der Waals surface area contributed by atoms with Crippen molar-refractivity contribution in [3.8, 4) is 0 Å². The molecule has 0 aromatic heterocycles. The first-order valence-corrected chi connectivity index (χ1v) is 10.7. The molecule has 1 aromatic rings. The van der Waals surface area contributed by atoms with E-state index in [0.717, 1.165) is 18.4 Å². The van der Waals surface area contributed by atoms with Gasteiger partial charge in [-0.3, -0.25) is 4.57 Å². The fourth-order valence-electron chi connectivity index (χ4n) is 3.07. The molecule has 0 radical (unpaired) electrons. The highest BCUT2D eigenvalue weighted by atomic mass is 31.2. The maximum atomic E-state index is 13.5. The van der Waals surface area contributed by atoms with Crippen molar-refractivity contribution in [1.29, 1.82) is 0 Å². The highest BCUT2D eigenvalue weighted by molar-refractivity contribution is 7.61. The highest BCUT2D eigenvalue weighted by Crippen LogP contribution is 2.72. The summed E-state index contributed by atoms with van der Waals surface area (Å²) < 4.78 is 24.5. The van der Waals surface area contributed by atoms with Crippen molar-refractivity contribution in [2.45, 2.75) is 45.0 Å². The first kappa shape index (κ1) is 19.7. The Morgan fingerprint density at radius 3 is 2.68 bits per heavy atom. The third-order valence-corrected chi connectivity index (χ3v) is 7.97. The molecule has 0 saturated heterocycles. The molecule has 5 nitrogen and oxygen atoms in total. The minimum absolute atomic E-state index is 0.0500. The van der Waals surface area contributed by atoms with Gasteiger partial charge in [-0.15, -0.1) is 6.58 Å². The number of nitrogens with one attached hydrogen (secondary N) is 1. The standard InChI is InChI=1S/C19H28NO4P/c1-4-7-13-25(22,24-6-3)19(14-17(19)5-2)20-18(21)23-15-16-11-9-8-10-12-16/h5,8-12,17H,2,4,6-7,13-15H2,1,3H3,(H,20,21)/t17-,19+,25?/m1/s1. The van der Waals surface area contributed by atoms with Gasteiger partial charge in [0.1, 0.15) is 11.9 Å². The van der Waals surface area contributed by atoms with Gasteiger partial charge in [-0.1, -0.05) is 49.8 Å². The number of hydrogen-bond donors (Lipinski definition) is 1. The topological polar surface area (TPSA) is 64.6 Å². The lowest BCUT2D eigenvalue weighted by molar-refractivity contribution is 0.136. The zero-order valence-corrected chi connectivity index (χ0v) is 16.0. The summed E-state index contributed by atoms with van der Waals surface area (Å²) in [5.41, 5.74) is 0.904. The van der Waals surface area contributed by atoms with E-state index in [1.54, 1.807) is 6.08 Å². The molecule has 0 heterocycles. The van der Waals surface area contributed by atoms with Crippen LogP contribution in [0.1, 0.15) is 38.7 Å². The molecule has 0 spiro atoms. The van der Waals surface area contributed by atoms with Crippen LogP contribution in [0.2, 0.25) is 0 Å². The molecule has 1 unspecified atom stereocenters. The van der Waals surface area contributed by atoms with Crippen molar-refractivity contribution >= 4 is 13.5 Å². The van der Waals surface area contributed by atoms with E-state index >= 15 is 0 Å². The van der Waals surface area contributed by atoms with Crippen molar-refractivity contribution in [2.75, 3.05) is 12.8 Å². The van der Waals surface area contributed by atoms with Crippen LogP contribution in [0.25, 0.3) is 0 Å². The van der Waals surface area contributed by atoms with Crippen molar-refractivity contribution in [1.82, 2.24) is 5.32 Å². The number of benzene rings is 1. The molecule has 1 amide bonds. The van der Waals surface area contributed by atoms with Gasteiger partial charge in [0.05, 0.1) is 6.61 Å². The predicted molar refractivity (Wildman–Crippen MR) is 99.8 cm³/mol. The SMILES string of the molecule is C=C[C@@H]1C[C@]1(NC(=O)OCc1ccccc1)P(=O)(CCCC)OCC. The Morgan fingerprint density at radius 1 is 1.40 bits per heavy atom. The van der Waals surface area contributed by atoms with Crippen LogP contribution in [0.4, 0.5) is 4.79 Å². The van der Waals surface area contributed by atoms with Gasteiger partial charge >= 0.3 is 6.09 Å². The van der Waals surface area contributed by atoms with Crippen LogP contribution < -0.4 is 5.32 Å². The molecule has 138 valence electrons. The second-order valence-corrected chi connectivity index (χ2v) is 9.18. The summed E-state index contributed by atoms with van der Waals surface area (Å²) in [5, 5.41) is 1.99. The Hall–Kier alpha value is -1.58. The number of ether oxygens (including phenoxy) is 1. The normalized spacial score (nSPS) is 24.2. The number of rotatable bonds is 10. The number of hydrogen-bond acceptors (Lipinski definition) is 4. The number of amides is 1. The number of unbranched alkanes of at least 4 members (excludes halogenated alkanes) is 1. The third kappa shape index (κ3) is 4.53. The van der Waals surface area contributed by atoms with Crippen LogP contribution >= 0.6 is 7.37 Å². The minimum atomic E-state index is -3.03. The number of carbonyl (C=O) groups is 1. The van der Waals surface area contributed by atoms with E-state index in [1.807, 2.05) is 44.2 Å². The third-order valence-electron chi connectivity index (χ3n) is 4.55. The second-order valence-electron chi connectivity index (χ2n) is 6.33. The number of alkyl carbamates (subject to hydrolysis) is 1. The number of carbonyl (C=O) groups excluding carboxylic acids is 1. The molecule has 0 aliphatic heterocycles. The van der Waals surface area contributed by atoms with E-state index in [4.69, 9.17) is 9.26 Å². The van der Waals surface area contributed by atoms with Gasteiger partial charge in [0.25, 0.3) is 0 Å². The molecule has 0 bridgehead atoms. The Morgan fingerprint density at radius 2 is 2.12 bits per heavy atom. The smallest absolute Gasteiger partial charge is 0.408 e. The predicted octanol–water partition coefficient (Wildman–Crippen LogP) is 4.93. The summed E-state index contributed by atoms with van der Waals surface area (Å²) in [7, 11) is -3.03. The van der Waals surface area contributed by atoms with Crippen LogP contribution in [-0.4, -0.2) is 24.1 Å². The monoisotopic (exact) mass is 365 g/mol. The molecule has 2 rings (SSSR count). The van der Waals surface area contributed by atoms with Gasteiger partial charge in [0, 0.05) is 12.1 Å². The second kappa shape index (κ2) is 8.68. The average molecular weight is 365 g/mol. The molecule has 1 saturated carbocycles. The molecule has 6 heteroatoms. The lowest BCUT2D eigenvalue weighted by Gasteiger charge is -2.29. The molecular formula is C19H28NO4P. The Bertz CT molecular complexity index is 634. The van der Waals surface area contributed by atoms with E-state index < -0.39 is 18.7 Å². The summed E-state index contributed by atoms with van der Waals surface area (Å²) in [4.78, 5) is 12.3. The molecule has 1 aliphatic rings. The first-order chi connectivity index (χ1) is 12.0. The Balaban J connectivity index is 2.06. The van der Waals surface area contributed by atoms with E-state index in [1.165, 1.54) is 0 Å². The van der Waals surface area contributed by atoms with E-state index in [-0.39, 0.29) is 12.5 Å². The molecule has 1 aliphatic carbocycles. The lowest BCUT2D eigenvalue weighted by Crippen LogP contribution is -2.40. The summed E-state index contributed by atoms with van der Waals surface area (Å²) in [6, 6.07) is 9.46. The summed E-state index contributed by atoms with van der Waals surface area (Å²) in [6.07, 6.45) is 3.94. The van der Waals surface area contributed by atoms with Crippen molar-refractivity contribution in [3.05, 3.63) is 48.6 Å². The van der Waals surface area contributed by atoms with Crippen LogP contribution in [0.15, 0.2) is 43.0 Å². The summed E-state index contributed by atoms with van der Waals surface area (Å²) in [5.74, 6) is -0.0500. The van der Waals surface area contributed by atoms with Gasteiger partial charge in [-0.25, -0.2) is 4.79 Å². The van der Waals surface area contributed by atoms with Gasteiger partial charge < -0.3 is 14.6 Å². The van der Waals surface area contributed by atoms with Gasteiger partial charge in [0.15, 0.2) is 0 Å². The van der Waals surface area contributed by atoms with Crippen LogP contribution in [0, 0.1) is 5.92 Å². The van der Waals surface area contributed by atoms with Gasteiger partial charge in [0.2, 0.25) is 7.37 Å². The lowest BCUT2D eigenvalue weighted by atomic mass is 10.2. The molecule has 1 fully saturated rings. The van der Waals surface area contributed by atoms with Crippen LogP contribution in [0.3, 0.4) is 0 Å². The molecule has 1 N–H and O–H groups in total. The summed E-state index contributed by atoms with van der Waals surface area (Å²) in [6.45, 7) is 8.20. The van der Waals surface area contributed by atoms with E-state index in [0.29, 0.717) is 19.2 Å².